The van der Waals surface area contributed by atoms with Crippen molar-refractivity contribution in [1.29, 1.82) is 0 Å². The van der Waals surface area contributed by atoms with E-state index in [1.807, 2.05) is 0 Å². The quantitative estimate of drug-likeness (QED) is 0.243. The van der Waals surface area contributed by atoms with E-state index in [-0.39, 0.29) is 37.8 Å². The number of nitrogens with one attached hydrogen (secondary N) is 1. The van der Waals surface area contributed by atoms with Gasteiger partial charge in [0.1, 0.15) is 25.1 Å². The lowest BCUT2D eigenvalue weighted by Crippen LogP contribution is -2.59. The first-order valence-electron chi connectivity index (χ1n) is 17.2. The van der Waals surface area contributed by atoms with Gasteiger partial charge in [-0.1, -0.05) is 52.9 Å². The molecule has 2 saturated carbocycles. The molecule has 0 radical (unpaired) electrons. The highest BCUT2D eigenvalue weighted by Crippen LogP contribution is 2.51. The summed E-state index contributed by atoms with van der Waals surface area (Å²) in [7, 11) is 1.48. The Labute approximate surface area is 272 Å². The van der Waals surface area contributed by atoms with Crippen molar-refractivity contribution in [1.82, 2.24) is 10.2 Å². The Morgan fingerprint density at radius 3 is 2.52 bits per heavy atom. The highest BCUT2D eigenvalue weighted by Gasteiger charge is 2.52. The largest absolute Gasteiger partial charge is 0.493 e. The van der Waals surface area contributed by atoms with Crippen LogP contribution in [0.1, 0.15) is 100 Å². The van der Waals surface area contributed by atoms with Crippen LogP contribution in [0.2, 0.25) is 0 Å². The number of ether oxygens (including phenoxy) is 3. The number of carbonyl (C=O) groups is 3. The number of nitrogens with zero attached hydrogens (tertiary/aromatic N) is 1. The van der Waals surface area contributed by atoms with E-state index in [0.29, 0.717) is 52.2 Å². The third-order valence-electron chi connectivity index (χ3n) is 10.6. The number of rotatable bonds is 11. The topological polar surface area (TPSA) is 135 Å². The van der Waals surface area contributed by atoms with Gasteiger partial charge in [-0.3, -0.25) is 14.4 Å². The van der Waals surface area contributed by atoms with Gasteiger partial charge in [-0.2, -0.15) is 0 Å². The number of carbonyl (C=O) groups excluding carboxylic acids is 3. The molecule has 1 aromatic rings. The molecule has 10 heteroatoms. The molecule has 0 aromatic heterocycles. The molecule has 1 aromatic carbocycles. The zero-order valence-electron chi connectivity index (χ0n) is 27.8. The molecule has 10 nitrogen and oxygen atoms in total. The zero-order chi connectivity index (χ0) is 33.0. The van der Waals surface area contributed by atoms with Crippen LogP contribution in [-0.4, -0.2) is 90.5 Å². The number of benzene rings is 1. The van der Waals surface area contributed by atoms with Gasteiger partial charge in [0, 0.05) is 29.3 Å². The lowest BCUT2D eigenvalue weighted by molar-refractivity contribution is -0.150. The summed E-state index contributed by atoms with van der Waals surface area (Å²) in [6.07, 6.45) is 9.22. The number of methoxy groups -OCH3 is 1. The first kappa shape index (κ1) is 34.4. The summed E-state index contributed by atoms with van der Waals surface area (Å²) >= 11 is 0. The van der Waals surface area contributed by atoms with Gasteiger partial charge in [0.25, 0.3) is 0 Å². The van der Waals surface area contributed by atoms with Crippen LogP contribution in [0.3, 0.4) is 0 Å². The molecular formula is C36H52N2O8. The molecule has 0 spiro atoms. The van der Waals surface area contributed by atoms with Crippen LogP contribution in [0.25, 0.3) is 0 Å². The third-order valence-corrected chi connectivity index (χ3v) is 10.6. The predicted molar refractivity (Wildman–Crippen MR) is 173 cm³/mol. The fourth-order valence-corrected chi connectivity index (χ4v) is 8.24. The molecule has 46 heavy (non-hydrogen) atoms. The molecule has 2 amide bonds. The van der Waals surface area contributed by atoms with Crippen LogP contribution in [0.15, 0.2) is 23.8 Å². The second-order valence-corrected chi connectivity index (χ2v) is 14.0. The Morgan fingerprint density at radius 2 is 1.87 bits per heavy atom. The normalized spacial score (nSPS) is 29.5. The minimum absolute atomic E-state index is 0.00755. The predicted octanol–water partition coefficient (Wildman–Crippen LogP) is 4.16. The number of amides is 2. The van der Waals surface area contributed by atoms with Crippen molar-refractivity contribution in [3.63, 3.8) is 0 Å². The Balaban J connectivity index is 1.52. The lowest BCUT2D eigenvalue weighted by atomic mass is 9.75. The molecule has 5 rings (SSSR count). The summed E-state index contributed by atoms with van der Waals surface area (Å²) in [6.45, 7) is 6.38. The van der Waals surface area contributed by atoms with Crippen molar-refractivity contribution in [2.45, 2.75) is 115 Å². The van der Waals surface area contributed by atoms with Crippen LogP contribution in [0, 0.1) is 17.8 Å². The fourth-order valence-electron chi connectivity index (χ4n) is 8.24. The van der Waals surface area contributed by atoms with E-state index >= 15 is 0 Å². The van der Waals surface area contributed by atoms with E-state index in [9.17, 15) is 24.6 Å². The van der Waals surface area contributed by atoms with Crippen LogP contribution in [0.5, 0.6) is 11.5 Å². The van der Waals surface area contributed by atoms with Gasteiger partial charge < -0.3 is 34.6 Å². The molecule has 7 unspecified atom stereocenters. The molecule has 7 atom stereocenters. The van der Waals surface area contributed by atoms with Crippen molar-refractivity contribution < 1.29 is 38.8 Å². The van der Waals surface area contributed by atoms with Gasteiger partial charge >= 0.3 is 0 Å². The summed E-state index contributed by atoms with van der Waals surface area (Å²) in [5, 5.41) is 24.3. The SMILES string of the molecule is COc1cc(C=O)cc2c1OC1C2C(C(=O)NCCO)=CC(N(C(=O)COC2CC(C)CCC2C(C)C)C2CCCCCC2)C1O. The number of fused-ring (bicyclic) bond motifs is 3. The Hall–Kier alpha value is -2.95. The summed E-state index contributed by atoms with van der Waals surface area (Å²) in [4.78, 5) is 41.7. The summed E-state index contributed by atoms with van der Waals surface area (Å²) in [5.41, 5.74) is 1.25. The van der Waals surface area contributed by atoms with Crippen LogP contribution >= 0.6 is 0 Å². The standard InChI is InChI=1S/C36H52N2O8/c1-21(2)25-12-11-22(3)15-29(25)45-20-31(41)38(24-9-7-5-6-8-10-24)28-18-27(36(43)37-13-14-39)32-26-16-23(19-40)17-30(44-4)34(26)46-35(32)33(28)42/h16-19,21-22,24-25,28-29,32-33,35,39,42H,5-15,20H2,1-4H3,(H,37,43). The third kappa shape index (κ3) is 7.14. The van der Waals surface area contributed by atoms with Crippen molar-refractivity contribution in [3.05, 3.63) is 34.9 Å². The van der Waals surface area contributed by atoms with Gasteiger partial charge in [0.2, 0.25) is 11.8 Å². The summed E-state index contributed by atoms with van der Waals surface area (Å²) in [6, 6.07) is 2.26. The zero-order valence-corrected chi connectivity index (χ0v) is 27.8. The van der Waals surface area contributed by atoms with E-state index in [1.54, 1.807) is 23.1 Å². The minimum Gasteiger partial charge on any atom is -0.493 e. The van der Waals surface area contributed by atoms with E-state index < -0.39 is 30.1 Å². The molecule has 3 aliphatic carbocycles. The molecule has 1 aliphatic heterocycles. The van der Waals surface area contributed by atoms with Gasteiger partial charge in [-0.05, 0) is 61.6 Å². The van der Waals surface area contributed by atoms with E-state index in [4.69, 9.17) is 14.2 Å². The maximum atomic E-state index is 14.4. The number of aliphatic hydroxyl groups excluding tert-OH is 2. The lowest BCUT2D eigenvalue weighted by Gasteiger charge is -2.44. The molecule has 4 aliphatic rings. The van der Waals surface area contributed by atoms with E-state index in [2.05, 4.69) is 26.1 Å². The summed E-state index contributed by atoms with van der Waals surface area (Å²) in [5.74, 6) is 0.742. The van der Waals surface area contributed by atoms with Crippen molar-refractivity contribution >= 4 is 18.1 Å². The maximum absolute atomic E-state index is 14.4. The van der Waals surface area contributed by atoms with E-state index in [1.165, 1.54) is 7.11 Å². The van der Waals surface area contributed by atoms with Gasteiger partial charge in [0.05, 0.1) is 31.8 Å². The second kappa shape index (κ2) is 15.3. The Morgan fingerprint density at radius 1 is 1.13 bits per heavy atom. The smallest absolute Gasteiger partial charge is 0.249 e. The number of hydrogen-bond donors (Lipinski definition) is 3. The fraction of sp³-hybridized carbons (Fsp3) is 0.694. The highest BCUT2D eigenvalue weighted by atomic mass is 16.5. The molecule has 3 N–H and O–H groups in total. The minimum atomic E-state index is -1.17. The monoisotopic (exact) mass is 640 g/mol. The molecular weight excluding hydrogens is 588 g/mol. The van der Waals surface area contributed by atoms with E-state index in [0.717, 1.165) is 57.8 Å². The molecule has 1 heterocycles. The van der Waals surface area contributed by atoms with Crippen molar-refractivity contribution in [2.75, 3.05) is 26.9 Å². The number of aldehydes is 1. The summed E-state index contributed by atoms with van der Waals surface area (Å²) < 4.78 is 18.4. The Bertz CT molecular complexity index is 1270. The second-order valence-electron chi connectivity index (χ2n) is 14.0. The van der Waals surface area contributed by atoms with Crippen LogP contribution in [0.4, 0.5) is 0 Å². The molecule has 2 fully saturated rings. The molecule has 0 bridgehead atoms. The first-order chi connectivity index (χ1) is 22.2. The number of hydrogen-bond acceptors (Lipinski definition) is 8. The highest BCUT2D eigenvalue weighted by molar-refractivity contribution is 5.96. The Kier molecular flexibility index (Phi) is 11.4. The molecule has 254 valence electrons. The molecule has 0 saturated heterocycles. The average molecular weight is 641 g/mol. The van der Waals surface area contributed by atoms with Crippen molar-refractivity contribution in [3.8, 4) is 11.5 Å². The first-order valence-corrected chi connectivity index (χ1v) is 17.2. The van der Waals surface area contributed by atoms with Gasteiger partial charge in [-0.15, -0.1) is 0 Å². The van der Waals surface area contributed by atoms with Gasteiger partial charge in [0.15, 0.2) is 11.5 Å². The van der Waals surface area contributed by atoms with Crippen LogP contribution in [-0.2, 0) is 14.3 Å². The number of aliphatic hydroxyl groups is 2. The maximum Gasteiger partial charge on any atom is 0.249 e. The van der Waals surface area contributed by atoms with Gasteiger partial charge in [-0.25, -0.2) is 0 Å². The van der Waals surface area contributed by atoms with Crippen molar-refractivity contribution in [2.24, 2.45) is 17.8 Å². The average Bonchev–Trinajstić information content (AvgIpc) is 3.23. The van der Waals surface area contributed by atoms with Crippen LogP contribution < -0.4 is 14.8 Å².